The Balaban J connectivity index is 1.51. The third-order valence-corrected chi connectivity index (χ3v) is 8.13. The first-order chi connectivity index (χ1) is 20.4. The van der Waals surface area contributed by atoms with Crippen molar-refractivity contribution in [3.8, 4) is 0 Å². The third kappa shape index (κ3) is 7.15. The molecule has 1 aliphatic carbocycles. The average molecular weight is 592 g/mol. The van der Waals surface area contributed by atoms with E-state index < -0.39 is 35.5 Å². The first-order valence-corrected chi connectivity index (χ1v) is 14.8. The molecule has 2 atom stereocenters. The van der Waals surface area contributed by atoms with Gasteiger partial charge in [-0.05, 0) is 68.4 Å². The summed E-state index contributed by atoms with van der Waals surface area (Å²) < 4.78 is 0. The van der Waals surface area contributed by atoms with Crippen LogP contribution in [0.5, 0.6) is 0 Å². The van der Waals surface area contributed by atoms with Gasteiger partial charge in [0.1, 0.15) is 11.6 Å². The fourth-order valence-electron chi connectivity index (χ4n) is 5.98. The van der Waals surface area contributed by atoms with Crippen LogP contribution in [-0.4, -0.2) is 62.4 Å². The van der Waals surface area contributed by atoms with Crippen LogP contribution in [-0.2, 0) is 20.9 Å². The zero-order valence-corrected chi connectivity index (χ0v) is 25.2. The van der Waals surface area contributed by atoms with Crippen LogP contribution in [0.15, 0.2) is 48.5 Å². The number of carbonyl (C=O) groups is 5. The van der Waals surface area contributed by atoms with Gasteiger partial charge < -0.3 is 26.0 Å². The van der Waals surface area contributed by atoms with Gasteiger partial charge in [-0.3, -0.25) is 14.4 Å². The highest BCUT2D eigenvalue weighted by atomic mass is 16.4. The Bertz CT molecular complexity index is 1370. The molecule has 43 heavy (non-hydrogen) atoms. The topological polar surface area (TPSA) is 148 Å². The molecule has 1 saturated heterocycles. The maximum Gasteiger partial charge on any atom is 0.328 e. The molecule has 4 N–H and O–H groups in total. The Morgan fingerprint density at radius 1 is 0.953 bits per heavy atom. The Morgan fingerprint density at radius 3 is 2.21 bits per heavy atom. The summed E-state index contributed by atoms with van der Waals surface area (Å²) in [6.07, 6.45) is 2.60. The summed E-state index contributed by atoms with van der Waals surface area (Å²) in [5.41, 5.74) is 1.97. The van der Waals surface area contributed by atoms with Crippen LogP contribution in [0, 0.1) is 12.8 Å². The Kier molecular flexibility index (Phi) is 9.73. The van der Waals surface area contributed by atoms with E-state index in [1.165, 1.54) is 0 Å². The maximum absolute atomic E-state index is 14.0. The molecular weight excluding hydrogens is 550 g/mol. The number of carbonyl (C=O) groups excluding carboxylic acids is 4. The van der Waals surface area contributed by atoms with Crippen molar-refractivity contribution in [3.63, 3.8) is 0 Å². The largest absolute Gasteiger partial charge is 0.481 e. The van der Waals surface area contributed by atoms with Gasteiger partial charge in [0.2, 0.25) is 5.91 Å². The van der Waals surface area contributed by atoms with E-state index in [1.807, 2.05) is 45.0 Å². The van der Waals surface area contributed by atoms with Gasteiger partial charge in [0.15, 0.2) is 0 Å². The smallest absolute Gasteiger partial charge is 0.328 e. The number of rotatable bonds is 11. The lowest BCUT2D eigenvalue weighted by Gasteiger charge is -2.31. The number of para-hydroxylation sites is 1. The van der Waals surface area contributed by atoms with Crippen molar-refractivity contribution < 1.29 is 29.1 Å². The number of carboxylic acids is 1. The molecule has 2 aromatic carbocycles. The van der Waals surface area contributed by atoms with E-state index in [2.05, 4.69) is 16.0 Å². The zero-order valence-electron chi connectivity index (χ0n) is 25.2. The molecule has 11 nitrogen and oxygen atoms in total. The minimum Gasteiger partial charge on any atom is -0.481 e. The van der Waals surface area contributed by atoms with E-state index in [0.29, 0.717) is 24.2 Å². The fourth-order valence-corrected chi connectivity index (χ4v) is 5.98. The summed E-state index contributed by atoms with van der Waals surface area (Å²) in [5, 5.41) is 17.4. The van der Waals surface area contributed by atoms with Crippen LogP contribution in [0.1, 0.15) is 70.4 Å². The highest BCUT2D eigenvalue weighted by Gasteiger charge is 2.60. The van der Waals surface area contributed by atoms with E-state index in [4.69, 9.17) is 5.11 Å². The summed E-state index contributed by atoms with van der Waals surface area (Å²) in [7, 11) is 0. The molecule has 0 bridgehead atoms. The normalized spacial score (nSPS) is 17.3. The van der Waals surface area contributed by atoms with Crippen molar-refractivity contribution in [1.82, 2.24) is 15.1 Å². The van der Waals surface area contributed by atoms with Gasteiger partial charge in [0.25, 0.3) is 5.91 Å². The quantitative estimate of drug-likeness (QED) is 0.267. The van der Waals surface area contributed by atoms with Crippen molar-refractivity contribution in [3.05, 3.63) is 59.7 Å². The van der Waals surface area contributed by atoms with Gasteiger partial charge in [0, 0.05) is 24.0 Å². The molecule has 2 aliphatic rings. The molecule has 11 heteroatoms. The standard InChI is InChI=1S/C32H41N5O6/c1-20(2)17-26(28(40)33-22(4)18-27(38)39)37-29(41)32(15-7-8-16-32)36(31(37)43)19-23-11-13-24(14-12-23)34-30(42)35-25-10-6-5-9-21(25)3/h5-6,9-14,20,22,26H,7-8,15-19H2,1-4H3,(H,33,40)(H,38,39)(H2,34,35,42)/t22-,26+/m1/s1. The molecule has 0 aromatic heterocycles. The number of aryl methyl sites for hydroxylation is 1. The Labute approximate surface area is 252 Å². The summed E-state index contributed by atoms with van der Waals surface area (Å²) in [6, 6.07) is 12.0. The number of nitrogens with one attached hydrogen (secondary N) is 3. The monoisotopic (exact) mass is 591 g/mol. The molecule has 230 valence electrons. The van der Waals surface area contributed by atoms with E-state index in [1.54, 1.807) is 36.1 Å². The first kappa shape index (κ1) is 31.5. The summed E-state index contributed by atoms with van der Waals surface area (Å²) >= 11 is 0. The molecule has 1 spiro atoms. The van der Waals surface area contributed by atoms with Crippen LogP contribution in [0.3, 0.4) is 0 Å². The second kappa shape index (κ2) is 13.3. The number of urea groups is 2. The van der Waals surface area contributed by atoms with Crippen molar-refractivity contribution in [2.24, 2.45) is 5.92 Å². The van der Waals surface area contributed by atoms with Crippen LogP contribution in [0.2, 0.25) is 0 Å². The van der Waals surface area contributed by atoms with Gasteiger partial charge in [-0.25, -0.2) is 14.5 Å². The van der Waals surface area contributed by atoms with Crippen molar-refractivity contribution in [1.29, 1.82) is 0 Å². The number of carboxylic acid groups (broad SMARTS) is 1. The van der Waals surface area contributed by atoms with Gasteiger partial charge >= 0.3 is 18.0 Å². The van der Waals surface area contributed by atoms with Gasteiger partial charge in [-0.15, -0.1) is 0 Å². The lowest BCUT2D eigenvalue weighted by molar-refractivity contribution is -0.141. The molecule has 4 rings (SSSR count). The van der Waals surface area contributed by atoms with E-state index in [0.717, 1.165) is 28.9 Å². The van der Waals surface area contributed by atoms with Crippen LogP contribution >= 0.6 is 0 Å². The average Bonchev–Trinajstić information content (AvgIpc) is 3.49. The van der Waals surface area contributed by atoms with E-state index in [9.17, 15) is 24.0 Å². The van der Waals surface area contributed by atoms with E-state index in [-0.39, 0.29) is 37.2 Å². The molecule has 1 heterocycles. The minimum absolute atomic E-state index is 0.00255. The third-order valence-electron chi connectivity index (χ3n) is 8.13. The van der Waals surface area contributed by atoms with Crippen LogP contribution < -0.4 is 16.0 Å². The first-order valence-electron chi connectivity index (χ1n) is 14.8. The van der Waals surface area contributed by atoms with Crippen LogP contribution in [0.4, 0.5) is 21.0 Å². The lowest BCUT2D eigenvalue weighted by Crippen LogP contribution is -2.53. The summed E-state index contributed by atoms with van der Waals surface area (Å²) in [5.74, 6) is -1.94. The number of amides is 6. The number of aliphatic carboxylic acids is 1. The van der Waals surface area contributed by atoms with Crippen molar-refractivity contribution in [2.45, 2.75) is 90.4 Å². The van der Waals surface area contributed by atoms with Gasteiger partial charge in [-0.2, -0.15) is 0 Å². The SMILES string of the molecule is Cc1ccccc1NC(=O)Nc1ccc(CN2C(=O)N([C@@H](CC(C)C)C(=O)N[C@H](C)CC(=O)O)C(=O)C23CCCC3)cc1. The molecule has 1 aliphatic heterocycles. The predicted octanol–water partition coefficient (Wildman–Crippen LogP) is 5.11. The van der Waals surface area contributed by atoms with Crippen molar-refractivity contribution in [2.75, 3.05) is 10.6 Å². The van der Waals surface area contributed by atoms with Gasteiger partial charge in [-0.1, -0.05) is 57.0 Å². The molecule has 1 saturated carbocycles. The minimum atomic E-state index is -1.05. The van der Waals surface area contributed by atoms with E-state index >= 15 is 0 Å². The Hall–Kier alpha value is -4.41. The van der Waals surface area contributed by atoms with Gasteiger partial charge in [0.05, 0.1) is 6.42 Å². The summed E-state index contributed by atoms with van der Waals surface area (Å²) in [4.78, 5) is 67.7. The second-order valence-corrected chi connectivity index (χ2v) is 12.0. The molecule has 2 fully saturated rings. The molecule has 6 amide bonds. The zero-order chi connectivity index (χ0) is 31.3. The fraction of sp³-hybridized carbons (Fsp3) is 0.469. The maximum atomic E-state index is 14.0. The number of hydrogen-bond donors (Lipinski definition) is 4. The van der Waals surface area contributed by atoms with Crippen LogP contribution in [0.25, 0.3) is 0 Å². The highest BCUT2D eigenvalue weighted by molar-refractivity contribution is 6.10. The predicted molar refractivity (Wildman–Crippen MR) is 162 cm³/mol. The number of nitrogens with zero attached hydrogens (tertiary/aromatic N) is 2. The number of imide groups is 1. The lowest BCUT2D eigenvalue weighted by atomic mass is 9.94. The second-order valence-electron chi connectivity index (χ2n) is 12.0. The molecule has 0 unspecified atom stereocenters. The number of hydrogen-bond acceptors (Lipinski definition) is 5. The highest BCUT2D eigenvalue weighted by Crippen LogP contribution is 2.44. The molecule has 0 radical (unpaired) electrons. The Morgan fingerprint density at radius 2 is 1.60 bits per heavy atom. The summed E-state index contributed by atoms with van der Waals surface area (Å²) in [6.45, 7) is 7.48. The number of benzene rings is 2. The van der Waals surface area contributed by atoms with Crippen molar-refractivity contribution >= 4 is 41.2 Å². The molecular formula is C32H41N5O6. The molecule has 2 aromatic rings. The number of anilines is 2.